The molecular formula is C5H4F2O4. The van der Waals surface area contributed by atoms with Gasteiger partial charge in [0, 0.05) is 0 Å². The second kappa shape index (κ2) is 2.44. The maximum atomic E-state index is 12.3. The lowest BCUT2D eigenvalue weighted by Gasteiger charge is -2.09. The van der Waals surface area contributed by atoms with E-state index < -0.39 is 31.1 Å². The zero-order valence-corrected chi connectivity index (χ0v) is 5.30. The molecule has 0 aromatic heterocycles. The summed E-state index contributed by atoms with van der Waals surface area (Å²) >= 11 is 0. The molecule has 0 atom stereocenters. The highest BCUT2D eigenvalue weighted by Crippen LogP contribution is 2.16. The molecule has 0 aromatic rings. The Balaban J connectivity index is 2.66. The van der Waals surface area contributed by atoms with Crippen molar-refractivity contribution in [3.8, 4) is 0 Å². The van der Waals surface area contributed by atoms with Crippen molar-refractivity contribution in [1.29, 1.82) is 0 Å². The number of hydrogen-bond donors (Lipinski definition) is 0. The molecule has 0 saturated carbocycles. The molecule has 0 N–H and O–H groups in total. The summed E-state index contributed by atoms with van der Waals surface area (Å²) in [5, 5.41) is 0. The van der Waals surface area contributed by atoms with Crippen molar-refractivity contribution in [2.45, 2.75) is 5.92 Å². The molecule has 0 amide bonds. The smallest absolute Gasteiger partial charge is 0.417 e. The average molecular weight is 166 g/mol. The molecule has 0 unspecified atom stereocenters. The number of ether oxygens (including phenoxy) is 2. The van der Waals surface area contributed by atoms with Crippen LogP contribution in [0.15, 0.2) is 0 Å². The van der Waals surface area contributed by atoms with Crippen LogP contribution in [0.25, 0.3) is 0 Å². The second-order valence-electron chi connectivity index (χ2n) is 2.01. The Morgan fingerprint density at radius 2 is 1.45 bits per heavy atom. The van der Waals surface area contributed by atoms with E-state index in [1.807, 2.05) is 0 Å². The summed E-state index contributed by atoms with van der Waals surface area (Å²) < 4.78 is 32.2. The van der Waals surface area contributed by atoms with Gasteiger partial charge in [0.2, 0.25) is 0 Å². The molecule has 0 spiro atoms. The van der Waals surface area contributed by atoms with Crippen molar-refractivity contribution in [3.05, 3.63) is 0 Å². The first-order chi connectivity index (χ1) is 5.01. The van der Waals surface area contributed by atoms with Crippen molar-refractivity contribution in [2.24, 2.45) is 0 Å². The number of cyclic esters (lactones) is 2. The standard InChI is InChI=1S/C5H4F2O4/c6-5(7)1-10-3(8)4(9)11-2-5/h1-2H2. The number of halogens is 2. The van der Waals surface area contributed by atoms with E-state index in [0.717, 1.165) is 0 Å². The molecule has 0 bridgehead atoms. The topological polar surface area (TPSA) is 52.6 Å². The third-order valence-electron chi connectivity index (χ3n) is 0.996. The summed E-state index contributed by atoms with van der Waals surface area (Å²) in [6, 6.07) is 0. The van der Waals surface area contributed by atoms with Gasteiger partial charge in [-0.1, -0.05) is 0 Å². The lowest BCUT2D eigenvalue weighted by Crippen LogP contribution is -2.27. The van der Waals surface area contributed by atoms with E-state index in [4.69, 9.17) is 0 Å². The van der Waals surface area contributed by atoms with Gasteiger partial charge < -0.3 is 9.47 Å². The highest BCUT2D eigenvalue weighted by molar-refractivity contribution is 6.29. The lowest BCUT2D eigenvalue weighted by atomic mass is 10.4. The van der Waals surface area contributed by atoms with Crippen LogP contribution in [0.2, 0.25) is 0 Å². The van der Waals surface area contributed by atoms with Gasteiger partial charge in [-0.05, 0) is 0 Å². The number of rotatable bonds is 0. The minimum atomic E-state index is -3.26. The zero-order valence-electron chi connectivity index (χ0n) is 5.30. The fourth-order valence-electron chi connectivity index (χ4n) is 0.502. The Labute approximate surface area is 60.1 Å². The Morgan fingerprint density at radius 1 is 1.09 bits per heavy atom. The average Bonchev–Trinajstić information content (AvgIpc) is 2.03. The SMILES string of the molecule is O=C1OCC(F)(F)COC1=O. The normalized spacial score (nSPS) is 23.5. The van der Waals surface area contributed by atoms with Gasteiger partial charge in [0.15, 0.2) is 13.2 Å². The van der Waals surface area contributed by atoms with Gasteiger partial charge in [-0.25, -0.2) is 9.59 Å². The Kier molecular flexibility index (Phi) is 1.76. The Morgan fingerprint density at radius 3 is 1.82 bits per heavy atom. The number of carbonyl (C=O) groups is 2. The first-order valence-corrected chi connectivity index (χ1v) is 2.73. The number of carbonyl (C=O) groups excluding carboxylic acids is 2. The van der Waals surface area contributed by atoms with Crippen LogP contribution in [-0.4, -0.2) is 31.1 Å². The summed E-state index contributed by atoms with van der Waals surface area (Å²) in [4.78, 5) is 20.5. The van der Waals surface area contributed by atoms with Crippen LogP contribution < -0.4 is 0 Å². The molecule has 1 saturated heterocycles. The van der Waals surface area contributed by atoms with E-state index in [-0.39, 0.29) is 0 Å². The quantitative estimate of drug-likeness (QED) is 0.367. The maximum absolute atomic E-state index is 12.3. The molecular weight excluding hydrogens is 162 g/mol. The van der Waals surface area contributed by atoms with E-state index in [1.165, 1.54) is 0 Å². The van der Waals surface area contributed by atoms with Crippen molar-refractivity contribution >= 4 is 11.9 Å². The van der Waals surface area contributed by atoms with Crippen molar-refractivity contribution < 1.29 is 27.8 Å². The van der Waals surface area contributed by atoms with Gasteiger partial charge in [0.05, 0.1) is 0 Å². The predicted octanol–water partition coefficient (Wildman–Crippen LogP) is -0.278. The van der Waals surface area contributed by atoms with Crippen LogP contribution in [0.3, 0.4) is 0 Å². The minimum absolute atomic E-state index is 1.10. The van der Waals surface area contributed by atoms with Crippen LogP contribution in [0.5, 0.6) is 0 Å². The molecule has 11 heavy (non-hydrogen) atoms. The van der Waals surface area contributed by atoms with Gasteiger partial charge >= 0.3 is 17.9 Å². The van der Waals surface area contributed by atoms with E-state index in [1.54, 1.807) is 0 Å². The second-order valence-corrected chi connectivity index (χ2v) is 2.01. The molecule has 62 valence electrons. The fourth-order valence-corrected chi connectivity index (χ4v) is 0.502. The molecule has 4 nitrogen and oxygen atoms in total. The molecule has 1 rings (SSSR count). The van der Waals surface area contributed by atoms with Gasteiger partial charge in [0.25, 0.3) is 0 Å². The summed E-state index contributed by atoms with van der Waals surface area (Å²) in [6.45, 7) is -2.20. The number of hydrogen-bond acceptors (Lipinski definition) is 4. The minimum Gasteiger partial charge on any atom is -0.451 e. The number of alkyl halides is 2. The van der Waals surface area contributed by atoms with Crippen LogP contribution >= 0.6 is 0 Å². The molecule has 1 aliphatic heterocycles. The fraction of sp³-hybridized carbons (Fsp3) is 0.600. The third kappa shape index (κ3) is 1.86. The zero-order chi connectivity index (χ0) is 8.48. The van der Waals surface area contributed by atoms with Gasteiger partial charge in [-0.2, -0.15) is 8.78 Å². The van der Waals surface area contributed by atoms with E-state index in [2.05, 4.69) is 9.47 Å². The van der Waals surface area contributed by atoms with Gasteiger partial charge in [0.1, 0.15) is 0 Å². The van der Waals surface area contributed by atoms with Crippen LogP contribution in [0, 0.1) is 0 Å². The van der Waals surface area contributed by atoms with Crippen molar-refractivity contribution in [2.75, 3.05) is 13.2 Å². The number of esters is 2. The largest absolute Gasteiger partial charge is 0.451 e. The van der Waals surface area contributed by atoms with E-state index >= 15 is 0 Å². The van der Waals surface area contributed by atoms with E-state index in [0.29, 0.717) is 0 Å². The first-order valence-electron chi connectivity index (χ1n) is 2.73. The Hall–Kier alpha value is -1.20. The van der Waals surface area contributed by atoms with Crippen LogP contribution in [-0.2, 0) is 19.1 Å². The molecule has 0 aromatic carbocycles. The summed E-state index contributed by atoms with van der Waals surface area (Å²) in [5.41, 5.74) is 0. The summed E-state index contributed by atoms with van der Waals surface area (Å²) in [5.74, 6) is -6.01. The molecule has 0 aliphatic carbocycles. The van der Waals surface area contributed by atoms with Gasteiger partial charge in [-0.3, -0.25) is 0 Å². The highest BCUT2D eigenvalue weighted by Gasteiger charge is 2.38. The van der Waals surface area contributed by atoms with E-state index in [9.17, 15) is 18.4 Å². The monoisotopic (exact) mass is 166 g/mol. The van der Waals surface area contributed by atoms with Crippen LogP contribution in [0.4, 0.5) is 8.78 Å². The molecule has 6 heteroatoms. The van der Waals surface area contributed by atoms with Crippen molar-refractivity contribution in [3.63, 3.8) is 0 Å². The molecule has 1 fully saturated rings. The third-order valence-corrected chi connectivity index (χ3v) is 0.996. The summed E-state index contributed by atoms with van der Waals surface area (Å²) in [7, 11) is 0. The summed E-state index contributed by atoms with van der Waals surface area (Å²) in [6.07, 6.45) is 0. The van der Waals surface area contributed by atoms with Crippen molar-refractivity contribution in [1.82, 2.24) is 0 Å². The predicted molar refractivity (Wildman–Crippen MR) is 26.9 cm³/mol. The lowest BCUT2D eigenvalue weighted by molar-refractivity contribution is -0.164. The highest BCUT2D eigenvalue weighted by atomic mass is 19.3. The molecule has 1 heterocycles. The molecule has 0 radical (unpaired) electrons. The van der Waals surface area contributed by atoms with Crippen LogP contribution in [0.1, 0.15) is 0 Å². The maximum Gasteiger partial charge on any atom is 0.417 e. The molecule has 1 aliphatic rings. The van der Waals surface area contributed by atoms with Gasteiger partial charge in [-0.15, -0.1) is 0 Å². The Bertz CT molecular complexity index is 181. The first kappa shape index (κ1) is 7.90.